The van der Waals surface area contributed by atoms with E-state index in [2.05, 4.69) is 8.37 Å². The second-order valence-corrected chi connectivity index (χ2v) is 9.52. The van der Waals surface area contributed by atoms with Crippen molar-refractivity contribution in [1.82, 2.24) is 0 Å². The molecule has 0 atom stereocenters. The van der Waals surface area contributed by atoms with E-state index >= 15 is 0 Å². The third-order valence-corrected chi connectivity index (χ3v) is 5.58. The van der Waals surface area contributed by atoms with Crippen molar-refractivity contribution in [2.24, 2.45) is 0 Å². The van der Waals surface area contributed by atoms with Crippen molar-refractivity contribution in [3.05, 3.63) is 19.8 Å². The fourth-order valence-electron chi connectivity index (χ4n) is 1.49. The van der Waals surface area contributed by atoms with Crippen LogP contribution in [-0.2, 0) is 41.4 Å². The van der Waals surface area contributed by atoms with Gasteiger partial charge in [-0.25, -0.2) is 0 Å². The van der Waals surface area contributed by atoms with E-state index in [0.717, 1.165) is 17.4 Å². The lowest BCUT2D eigenvalue weighted by Crippen LogP contribution is -2.09. The lowest BCUT2D eigenvalue weighted by atomic mass is 10.1. The molecule has 0 radical (unpaired) electrons. The maximum Gasteiger partial charge on any atom is 0.264 e. The number of hydrogen-bond donors (Lipinski definition) is 0. The zero-order valence-electron chi connectivity index (χ0n) is 11.3. The van der Waals surface area contributed by atoms with Gasteiger partial charge in [-0.05, 0) is 12.0 Å². The molecule has 0 unspecified atom stereocenters. The maximum absolute atomic E-state index is 10.9. The highest BCUT2D eigenvalue weighted by molar-refractivity contribution is 7.86. The first-order valence-corrected chi connectivity index (χ1v) is 10.8. The van der Waals surface area contributed by atoms with Gasteiger partial charge >= 0.3 is 0 Å². The quantitative estimate of drug-likeness (QED) is 0.625. The third-order valence-electron chi connectivity index (χ3n) is 2.26. The van der Waals surface area contributed by atoms with E-state index in [1.807, 2.05) is 0 Å². The van der Waals surface area contributed by atoms with Gasteiger partial charge in [0.2, 0.25) is 0 Å². The van der Waals surface area contributed by atoms with E-state index in [9.17, 15) is 16.8 Å². The van der Waals surface area contributed by atoms with Crippen LogP contribution >= 0.6 is 34.5 Å². The van der Waals surface area contributed by atoms with Crippen LogP contribution in [0, 0.1) is 0 Å². The Morgan fingerprint density at radius 2 is 1.43 bits per heavy atom. The summed E-state index contributed by atoms with van der Waals surface area (Å²) in [6.45, 7) is -0.0997. The van der Waals surface area contributed by atoms with Gasteiger partial charge in [-0.1, -0.05) is 23.2 Å². The first kappa shape index (κ1) is 19.1. The standard InChI is InChI=1S/C10H14Cl2O6S3/c1-20(13,14)17-5-3-7-8(19-10(12)9(7)11)4-6-18-21(2,15)16/h3-6H2,1-2H3. The lowest BCUT2D eigenvalue weighted by Gasteiger charge is -2.05. The predicted octanol–water partition coefficient (Wildman–Crippen LogP) is 2.09. The van der Waals surface area contributed by atoms with Crippen LogP contribution in [-0.4, -0.2) is 42.6 Å². The van der Waals surface area contributed by atoms with E-state index in [1.54, 1.807) is 0 Å². The predicted molar refractivity (Wildman–Crippen MR) is 83.3 cm³/mol. The van der Waals surface area contributed by atoms with Gasteiger partial charge in [0.15, 0.2) is 0 Å². The minimum Gasteiger partial charge on any atom is -0.270 e. The van der Waals surface area contributed by atoms with Gasteiger partial charge < -0.3 is 0 Å². The number of thiophene rings is 1. The highest BCUT2D eigenvalue weighted by Crippen LogP contribution is 2.37. The van der Waals surface area contributed by atoms with Crippen LogP contribution in [0.15, 0.2) is 0 Å². The average molecular weight is 397 g/mol. The zero-order valence-corrected chi connectivity index (χ0v) is 15.2. The first-order chi connectivity index (χ1) is 9.49. The number of rotatable bonds is 8. The molecule has 1 aromatic rings. The summed E-state index contributed by atoms with van der Waals surface area (Å²) in [5, 5.41) is 0.327. The lowest BCUT2D eigenvalue weighted by molar-refractivity contribution is 0.320. The maximum atomic E-state index is 10.9. The molecule has 0 aliphatic rings. The summed E-state index contributed by atoms with van der Waals surface area (Å²) in [6, 6.07) is 0. The molecular weight excluding hydrogens is 383 g/mol. The molecule has 0 spiro atoms. The molecule has 1 aromatic heterocycles. The van der Waals surface area contributed by atoms with Crippen LogP contribution in [0.1, 0.15) is 10.4 Å². The van der Waals surface area contributed by atoms with Crippen molar-refractivity contribution in [2.75, 3.05) is 25.7 Å². The monoisotopic (exact) mass is 396 g/mol. The summed E-state index contributed by atoms with van der Waals surface area (Å²) in [7, 11) is -7.04. The molecule has 0 bridgehead atoms. The Kier molecular flexibility index (Phi) is 6.91. The van der Waals surface area contributed by atoms with Crippen LogP contribution in [0.3, 0.4) is 0 Å². The van der Waals surface area contributed by atoms with Gasteiger partial charge in [0, 0.05) is 11.3 Å². The molecule has 122 valence electrons. The van der Waals surface area contributed by atoms with E-state index in [0.29, 0.717) is 21.3 Å². The van der Waals surface area contributed by atoms with Crippen LogP contribution < -0.4 is 0 Å². The van der Waals surface area contributed by atoms with Gasteiger partial charge in [0.25, 0.3) is 20.2 Å². The molecular formula is C10H14Cl2O6S3. The molecule has 0 aromatic carbocycles. The Balaban J connectivity index is 2.73. The van der Waals surface area contributed by atoms with Crippen molar-refractivity contribution < 1.29 is 25.2 Å². The van der Waals surface area contributed by atoms with Crippen molar-refractivity contribution in [3.8, 4) is 0 Å². The van der Waals surface area contributed by atoms with Crippen LogP contribution in [0.5, 0.6) is 0 Å². The zero-order chi connectivity index (χ0) is 16.3. The van der Waals surface area contributed by atoms with E-state index < -0.39 is 20.2 Å². The van der Waals surface area contributed by atoms with Gasteiger partial charge in [0.1, 0.15) is 4.34 Å². The summed E-state index contributed by atoms with van der Waals surface area (Å²) >= 11 is 13.2. The normalized spacial score (nSPS) is 12.8. The smallest absolute Gasteiger partial charge is 0.264 e. The molecule has 1 heterocycles. The largest absolute Gasteiger partial charge is 0.270 e. The topological polar surface area (TPSA) is 86.7 Å². The van der Waals surface area contributed by atoms with Crippen molar-refractivity contribution in [3.63, 3.8) is 0 Å². The summed E-state index contributed by atoms with van der Waals surface area (Å²) in [5.74, 6) is 0. The summed E-state index contributed by atoms with van der Waals surface area (Å²) in [6.07, 6.45) is 2.47. The van der Waals surface area contributed by atoms with E-state index in [-0.39, 0.29) is 19.6 Å². The molecule has 21 heavy (non-hydrogen) atoms. The minimum absolute atomic E-state index is 0.0358. The molecule has 0 amide bonds. The highest BCUT2D eigenvalue weighted by atomic mass is 35.5. The summed E-state index contributed by atoms with van der Waals surface area (Å²) in [4.78, 5) is 0.741. The molecule has 0 saturated carbocycles. The van der Waals surface area contributed by atoms with Crippen LogP contribution in [0.2, 0.25) is 9.36 Å². The summed E-state index contributed by atoms with van der Waals surface area (Å²) < 4.78 is 53.3. The molecule has 0 N–H and O–H groups in total. The Labute approximate surface area is 138 Å². The Morgan fingerprint density at radius 1 is 0.952 bits per heavy atom. The first-order valence-electron chi connectivity index (χ1n) is 5.64. The van der Waals surface area contributed by atoms with Crippen LogP contribution in [0.25, 0.3) is 0 Å². The van der Waals surface area contributed by atoms with E-state index in [4.69, 9.17) is 23.2 Å². The molecule has 1 rings (SSSR count). The highest BCUT2D eigenvalue weighted by Gasteiger charge is 2.16. The second kappa shape index (κ2) is 7.58. The third kappa shape index (κ3) is 7.27. The fourth-order valence-corrected chi connectivity index (χ4v) is 3.98. The number of halogens is 2. The average Bonchev–Trinajstić information content (AvgIpc) is 2.53. The Morgan fingerprint density at radius 3 is 1.90 bits per heavy atom. The number of hydrogen-bond acceptors (Lipinski definition) is 7. The molecule has 11 heteroatoms. The fraction of sp³-hybridized carbons (Fsp3) is 0.600. The molecule has 0 aliphatic carbocycles. The van der Waals surface area contributed by atoms with Crippen LogP contribution in [0.4, 0.5) is 0 Å². The molecule has 0 fully saturated rings. The van der Waals surface area contributed by atoms with Gasteiger partial charge in [0.05, 0.1) is 30.7 Å². The van der Waals surface area contributed by atoms with E-state index in [1.165, 1.54) is 11.3 Å². The van der Waals surface area contributed by atoms with Crippen molar-refractivity contribution in [1.29, 1.82) is 0 Å². The SMILES string of the molecule is CS(=O)(=O)OCCc1sc(Cl)c(Cl)c1CCOS(C)(=O)=O. The van der Waals surface area contributed by atoms with Gasteiger partial charge in [-0.3, -0.25) is 8.37 Å². The molecule has 0 saturated heterocycles. The summed E-state index contributed by atoms with van der Waals surface area (Å²) in [5.41, 5.74) is 0.646. The van der Waals surface area contributed by atoms with Crippen molar-refractivity contribution in [2.45, 2.75) is 12.8 Å². The molecule has 6 nitrogen and oxygen atoms in total. The second-order valence-electron chi connectivity index (χ2n) is 4.14. The van der Waals surface area contributed by atoms with Gasteiger partial charge in [-0.2, -0.15) is 16.8 Å². The Hall–Kier alpha value is 0.1000. The minimum atomic E-state index is -3.53. The molecule has 0 aliphatic heterocycles. The van der Waals surface area contributed by atoms with Crippen molar-refractivity contribution >= 4 is 54.8 Å². The Bertz CT molecular complexity index is 693. The van der Waals surface area contributed by atoms with Gasteiger partial charge in [-0.15, -0.1) is 11.3 Å².